The fraction of sp³-hybridized carbons (Fsp3) is 0.0714. The molecule has 0 spiro atoms. The monoisotopic (exact) mass is 476 g/mol. The second kappa shape index (κ2) is 5.70. The molecule has 1 aromatic heterocycles. The van der Waals surface area contributed by atoms with E-state index in [1.807, 2.05) is 6.07 Å². The van der Waals surface area contributed by atoms with Crippen molar-refractivity contribution < 1.29 is 4.39 Å². The molecule has 108 valence electrons. The highest BCUT2D eigenvalue weighted by Crippen LogP contribution is 2.40. The van der Waals surface area contributed by atoms with Gasteiger partial charge in [0.1, 0.15) is 5.82 Å². The number of benzene rings is 2. The first-order valence-corrected chi connectivity index (χ1v) is 8.47. The lowest BCUT2D eigenvalue weighted by Crippen LogP contribution is -1.99. The molecule has 0 aliphatic rings. The highest BCUT2D eigenvalue weighted by atomic mass is 79.9. The van der Waals surface area contributed by atoms with Crippen molar-refractivity contribution in [1.29, 1.82) is 0 Å². The van der Waals surface area contributed by atoms with Crippen LogP contribution in [0.15, 0.2) is 44.1 Å². The summed E-state index contributed by atoms with van der Waals surface area (Å²) in [5.41, 5.74) is 2.43. The summed E-state index contributed by atoms with van der Waals surface area (Å²) in [7, 11) is 0. The number of rotatable bonds is 2. The van der Waals surface area contributed by atoms with Crippen molar-refractivity contribution in [2.24, 2.45) is 0 Å². The Morgan fingerprint density at radius 3 is 2.38 bits per heavy atom. The number of hydrogen-bond acceptors (Lipinski definition) is 1. The molecule has 3 aromatic rings. The van der Waals surface area contributed by atoms with Crippen LogP contribution in [0, 0.1) is 5.82 Å². The number of aromatic nitrogens is 2. The molecular weight excluding hydrogens is 471 g/mol. The standard InChI is InChI=1S/C14H8Br3FN2O/c15-7-2-1-3-9(18)12(7)13(17)6-4-10-11(5-8(6)16)20-14(21)19-10/h1-5,13H,(H2,19,20,21). The second-order valence-electron chi connectivity index (χ2n) is 4.50. The molecule has 0 amide bonds. The van der Waals surface area contributed by atoms with Crippen LogP contribution in [0.3, 0.4) is 0 Å². The lowest BCUT2D eigenvalue weighted by Gasteiger charge is -2.15. The number of fused-ring (bicyclic) bond motifs is 1. The number of hydrogen-bond donors (Lipinski definition) is 2. The predicted octanol–water partition coefficient (Wildman–Crippen LogP) is 5.00. The maximum Gasteiger partial charge on any atom is 0.323 e. The minimum atomic E-state index is -0.356. The van der Waals surface area contributed by atoms with Gasteiger partial charge in [-0.05, 0) is 29.8 Å². The van der Waals surface area contributed by atoms with E-state index in [0.29, 0.717) is 21.1 Å². The Labute approximate surface area is 144 Å². The number of alkyl halides is 1. The lowest BCUT2D eigenvalue weighted by atomic mass is 10.0. The molecule has 0 bridgehead atoms. The number of aromatic amines is 2. The topological polar surface area (TPSA) is 48.6 Å². The van der Waals surface area contributed by atoms with E-state index in [2.05, 4.69) is 57.8 Å². The van der Waals surface area contributed by atoms with E-state index in [9.17, 15) is 9.18 Å². The Hall–Kier alpha value is -0.920. The third-order valence-corrected chi connectivity index (χ3v) is 5.49. The third-order valence-electron chi connectivity index (χ3n) is 3.16. The van der Waals surface area contributed by atoms with Crippen molar-refractivity contribution in [3.63, 3.8) is 0 Å². The Morgan fingerprint density at radius 1 is 1.05 bits per heavy atom. The van der Waals surface area contributed by atoms with E-state index in [-0.39, 0.29) is 16.3 Å². The van der Waals surface area contributed by atoms with Gasteiger partial charge in [0.05, 0.1) is 15.9 Å². The Bertz CT molecular complexity index is 867. The average molecular weight is 479 g/mol. The Balaban J connectivity index is 2.19. The minimum absolute atomic E-state index is 0.271. The van der Waals surface area contributed by atoms with Gasteiger partial charge in [0, 0.05) is 14.5 Å². The average Bonchev–Trinajstić information content (AvgIpc) is 2.76. The molecule has 21 heavy (non-hydrogen) atoms. The van der Waals surface area contributed by atoms with Gasteiger partial charge in [-0.15, -0.1) is 0 Å². The second-order valence-corrected chi connectivity index (χ2v) is 7.12. The first-order valence-electron chi connectivity index (χ1n) is 5.97. The molecule has 0 saturated carbocycles. The summed E-state index contributed by atoms with van der Waals surface area (Å²) in [6, 6.07) is 8.46. The summed E-state index contributed by atoms with van der Waals surface area (Å²) >= 11 is 10.4. The van der Waals surface area contributed by atoms with Crippen molar-refractivity contribution >= 4 is 58.8 Å². The van der Waals surface area contributed by atoms with Gasteiger partial charge in [0.15, 0.2) is 0 Å². The molecular formula is C14H8Br3FN2O. The van der Waals surface area contributed by atoms with Crippen LogP contribution < -0.4 is 5.69 Å². The van der Waals surface area contributed by atoms with Gasteiger partial charge in [-0.3, -0.25) is 0 Å². The summed E-state index contributed by atoms with van der Waals surface area (Å²) in [5, 5.41) is 0. The molecule has 2 aromatic carbocycles. The van der Waals surface area contributed by atoms with Gasteiger partial charge >= 0.3 is 5.69 Å². The van der Waals surface area contributed by atoms with E-state index in [4.69, 9.17) is 0 Å². The molecule has 0 fully saturated rings. The highest BCUT2D eigenvalue weighted by molar-refractivity contribution is 9.11. The molecule has 0 saturated heterocycles. The number of H-pyrrole nitrogens is 2. The summed E-state index contributed by atoms with van der Waals surface area (Å²) < 4.78 is 15.6. The van der Waals surface area contributed by atoms with E-state index in [0.717, 1.165) is 10.0 Å². The van der Waals surface area contributed by atoms with Crippen LogP contribution in [0.1, 0.15) is 16.0 Å². The smallest absolute Gasteiger partial charge is 0.306 e. The molecule has 0 radical (unpaired) electrons. The molecule has 1 unspecified atom stereocenters. The first kappa shape index (κ1) is 15.0. The van der Waals surface area contributed by atoms with E-state index in [1.54, 1.807) is 18.2 Å². The first-order chi connectivity index (χ1) is 9.97. The van der Waals surface area contributed by atoms with Crippen LogP contribution in [0.4, 0.5) is 4.39 Å². The molecule has 1 heterocycles. The van der Waals surface area contributed by atoms with Crippen LogP contribution in [0.25, 0.3) is 11.0 Å². The van der Waals surface area contributed by atoms with Gasteiger partial charge in [0.25, 0.3) is 0 Å². The van der Waals surface area contributed by atoms with E-state index in [1.165, 1.54) is 6.07 Å². The van der Waals surface area contributed by atoms with Crippen molar-refractivity contribution in [3.05, 3.63) is 66.7 Å². The minimum Gasteiger partial charge on any atom is -0.306 e. The quantitative estimate of drug-likeness (QED) is 0.500. The fourth-order valence-corrected chi connectivity index (χ4v) is 4.78. The number of imidazole rings is 1. The number of nitrogens with one attached hydrogen (secondary N) is 2. The van der Waals surface area contributed by atoms with Crippen LogP contribution in [0.2, 0.25) is 0 Å². The summed E-state index contributed by atoms with van der Waals surface area (Å²) in [4.78, 5) is 16.4. The van der Waals surface area contributed by atoms with Gasteiger partial charge in [-0.25, -0.2) is 9.18 Å². The van der Waals surface area contributed by atoms with Gasteiger partial charge in [0.2, 0.25) is 0 Å². The SMILES string of the molecule is O=c1[nH]c2cc(Br)c(C(Br)c3c(F)cccc3Br)cc2[nH]1. The third kappa shape index (κ3) is 2.74. The molecule has 0 aliphatic heterocycles. The van der Waals surface area contributed by atoms with Crippen molar-refractivity contribution in [2.75, 3.05) is 0 Å². The number of halogens is 4. The zero-order valence-corrected chi connectivity index (χ0v) is 15.1. The van der Waals surface area contributed by atoms with Crippen molar-refractivity contribution in [1.82, 2.24) is 9.97 Å². The zero-order valence-electron chi connectivity index (χ0n) is 10.4. The predicted molar refractivity (Wildman–Crippen MR) is 91.5 cm³/mol. The summed E-state index contributed by atoms with van der Waals surface area (Å²) in [6.07, 6.45) is 0. The van der Waals surface area contributed by atoms with Gasteiger partial charge in [-0.2, -0.15) is 0 Å². The fourth-order valence-electron chi connectivity index (χ4n) is 2.18. The van der Waals surface area contributed by atoms with E-state index >= 15 is 0 Å². The van der Waals surface area contributed by atoms with E-state index < -0.39 is 0 Å². The zero-order chi connectivity index (χ0) is 15.1. The van der Waals surface area contributed by atoms with Crippen molar-refractivity contribution in [2.45, 2.75) is 4.83 Å². The molecule has 1 atom stereocenters. The molecule has 2 N–H and O–H groups in total. The Kier molecular flexibility index (Phi) is 4.07. The van der Waals surface area contributed by atoms with Gasteiger partial charge < -0.3 is 9.97 Å². The summed E-state index contributed by atoms with van der Waals surface area (Å²) in [5.74, 6) is -0.305. The van der Waals surface area contributed by atoms with Crippen molar-refractivity contribution in [3.8, 4) is 0 Å². The highest BCUT2D eigenvalue weighted by Gasteiger charge is 2.21. The van der Waals surface area contributed by atoms with Crippen LogP contribution >= 0.6 is 47.8 Å². The molecule has 7 heteroatoms. The van der Waals surface area contributed by atoms with Crippen LogP contribution in [0.5, 0.6) is 0 Å². The maximum atomic E-state index is 14.1. The van der Waals surface area contributed by atoms with Crippen LogP contribution in [-0.4, -0.2) is 9.97 Å². The maximum absolute atomic E-state index is 14.1. The largest absolute Gasteiger partial charge is 0.323 e. The van der Waals surface area contributed by atoms with Crippen LogP contribution in [-0.2, 0) is 0 Å². The summed E-state index contributed by atoms with van der Waals surface area (Å²) in [6.45, 7) is 0. The Morgan fingerprint density at radius 2 is 1.71 bits per heavy atom. The normalized spacial score (nSPS) is 12.8. The van der Waals surface area contributed by atoms with Gasteiger partial charge in [-0.1, -0.05) is 53.9 Å². The molecule has 3 rings (SSSR count). The molecule has 0 aliphatic carbocycles. The molecule has 3 nitrogen and oxygen atoms in total. The lowest BCUT2D eigenvalue weighted by molar-refractivity contribution is 0.612.